The number of nitrogens with zero attached hydrogens (tertiary/aromatic N) is 2. The molecule has 27 heavy (non-hydrogen) atoms. The number of aryl methyl sites for hydroxylation is 1. The van der Waals surface area contributed by atoms with Crippen LogP contribution in [0.3, 0.4) is 0 Å². The molecular weight excluding hydrogens is 358 g/mol. The average molecular weight is 382 g/mol. The molecule has 1 aliphatic heterocycles. The molecule has 6 heteroatoms. The summed E-state index contributed by atoms with van der Waals surface area (Å²) in [5.41, 5.74) is 2.39. The first-order valence-corrected chi connectivity index (χ1v) is 10.1. The van der Waals surface area contributed by atoms with Crippen LogP contribution in [-0.2, 0) is 4.74 Å². The summed E-state index contributed by atoms with van der Waals surface area (Å²) in [6.45, 7) is 5.75. The van der Waals surface area contributed by atoms with E-state index >= 15 is 0 Å². The Labute approximate surface area is 163 Å². The lowest BCUT2D eigenvalue weighted by molar-refractivity contribution is 0.0169. The van der Waals surface area contributed by atoms with E-state index in [1.807, 2.05) is 37.3 Å². The van der Waals surface area contributed by atoms with E-state index in [0.717, 1.165) is 42.9 Å². The zero-order valence-corrected chi connectivity index (χ0v) is 16.2. The fourth-order valence-electron chi connectivity index (χ4n) is 3.56. The van der Waals surface area contributed by atoms with Gasteiger partial charge in [-0.3, -0.25) is 14.7 Å². The van der Waals surface area contributed by atoms with Gasteiger partial charge in [0, 0.05) is 35.6 Å². The molecule has 3 heterocycles. The van der Waals surface area contributed by atoms with Crippen LogP contribution in [0.25, 0.3) is 10.9 Å². The van der Waals surface area contributed by atoms with Crippen molar-refractivity contribution < 1.29 is 9.53 Å². The summed E-state index contributed by atoms with van der Waals surface area (Å²) in [7, 11) is 0. The third-order valence-corrected chi connectivity index (χ3v) is 5.88. The highest BCUT2D eigenvalue weighted by atomic mass is 32.1. The Kier molecular flexibility index (Phi) is 5.48. The van der Waals surface area contributed by atoms with Crippen molar-refractivity contribution >= 4 is 28.1 Å². The number of para-hydroxylation sites is 1. The van der Waals surface area contributed by atoms with Crippen LogP contribution in [-0.4, -0.2) is 48.6 Å². The van der Waals surface area contributed by atoms with Gasteiger partial charge in [-0.25, -0.2) is 0 Å². The Morgan fingerprint density at radius 1 is 1.26 bits per heavy atom. The highest BCUT2D eigenvalue weighted by Crippen LogP contribution is 2.26. The van der Waals surface area contributed by atoms with Gasteiger partial charge >= 0.3 is 0 Å². The molecule has 0 unspecified atom stereocenters. The van der Waals surface area contributed by atoms with Gasteiger partial charge in [0.05, 0.1) is 30.3 Å². The van der Waals surface area contributed by atoms with Crippen LogP contribution in [0.1, 0.15) is 27.0 Å². The zero-order valence-electron chi connectivity index (χ0n) is 15.4. The van der Waals surface area contributed by atoms with Gasteiger partial charge in [0.1, 0.15) is 0 Å². The molecule has 0 radical (unpaired) electrons. The van der Waals surface area contributed by atoms with Gasteiger partial charge in [0.2, 0.25) is 0 Å². The minimum atomic E-state index is -0.0495. The summed E-state index contributed by atoms with van der Waals surface area (Å²) in [5, 5.41) is 6.14. The number of amides is 1. The minimum Gasteiger partial charge on any atom is -0.379 e. The Morgan fingerprint density at radius 3 is 2.85 bits per heavy atom. The molecule has 140 valence electrons. The molecule has 1 aliphatic rings. The van der Waals surface area contributed by atoms with E-state index in [1.54, 1.807) is 11.3 Å². The third kappa shape index (κ3) is 4.03. The number of hydrogen-bond donors (Lipinski definition) is 1. The standard InChI is InChI=1S/C21H23N3O2S/c1-15-13-17(16-5-2-3-6-18(16)23-15)21(25)22-14-19(20-7-4-12-27-20)24-8-10-26-11-9-24/h2-7,12-13,19H,8-11,14H2,1H3,(H,22,25)/t19-/m1/s1. The van der Waals surface area contributed by atoms with Crippen LogP contribution in [0.4, 0.5) is 0 Å². The number of benzene rings is 1. The lowest BCUT2D eigenvalue weighted by atomic mass is 10.1. The quantitative estimate of drug-likeness (QED) is 0.736. The third-order valence-electron chi connectivity index (χ3n) is 4.90. The van der Waals surface area contributed by atoms with Gasteiger partial charge in [0.25, 0.3) is 5.91 Å². The van der Waals surface area contributed by atoms with Gasteiger partial charge in [-0.2, -0.15) is 0 Å². The Morgan fingerprint density at radius 2 is 2.07 bits per heavy atom. The monoisotopic (exact) mass is 381 g/mol. The van der Waals surface area contributed by atoms with Gasteiger partial charge in [-0.15, -0.1) is 11.3 Å². The summed E-state index contributed by atoms with van der Waals surface area (Å²) in [5.74, 6) is -0.0495. The first-order valence-electron chi connectivity index (χ1n) is 9.22. The highest BCUT2D eigenvalue weighted by Gasteiger charge is 2.24. The molecule has 0 bridgehead atoms. The Bertz CT molecular complexity index is 920. The van der Waals surface area contributed by atoms with E-state index in [0.29, 0.717) is 12.1 Å². The fraction of sp³-hybridized carbons (Fsp3) is 0.333. The number of carbonyl (C=O) groups excluding carboxylic acids is 1. The molecule has 1 saturated heterocycles. The Balaban J connectivity index is 1.55. The van der Waals surface area contributed by atoms with E-state index in [4.69, 9.17) is 4.74 Å². The number of thiophene rings is 1. The predicted molar refractivity (Wildman–Crippen MR) is 108 cm³/mol. The second-order valence-electron chi connectivity index (χ2n) is 6.72. The van der Waals surface area contributed by atoms with Crippen molar-refractivity contribution in [3.05, 3.63) is 64.0 Å². The van der Waals surface area contributed by atoms with E-state index in [9.17, 15) is 4.79 Å². The summed E-state index contributed by atoms with van der Waals surface area (Å²) in [6.07, 6.45) is 0. The number of aromatic nitrogens is 1. The smallest absolute Gasteiger partial charge is 0.252 e. The maximum Gasteiger partial charge on any atom is 0.252 e. The van der Waals surface area contributed by atoms with Crippen molar-refractivity contribution in [3.8, 4) is 0 Å². The minimum absolute atomic E-state index is 0.0495. The van der Waals surface area contributed by atoms with E-state index in [-0.39, 0.29) is 11.9 Å². The van der Waals surface area contributed by atoms with Gasteiger partial charge in [-0.05, 0) is 30.5 Å². The molecule has 1 aromatic carbocycles. The summed E-state index contributed by atoms with van der Waals surface area (Å²) < 4.78 is 5.49. The van der Waals surface area contributed by atoms with Crippen molar-refractivity contribution in [2.75, 3.05) is 32.8 Å². The fourth-order valence-corrected chi connectivity index (χ4v) is 4.42. The summed E-state index contributed by atoms with van der Waals surface area (Å²) >= 11 is 1.73. The number of fused-ring (bicyclic) bond motifs is 1. The predicted octanol–water partition coefficient (Wildman–Crippen LogP) is 3.41. The molecule has 1 atom stereocenters. The molecule has 1 fully saturated rings. The summed E-state index contributed by atoms with van der Waals surface area (Å²) in [4.78, 5) is 21.2. The van der Waals surface area contributed by atoms with Crippen LogP contribution in [0.5, 0.6) is 0 Å². The largest absolute Gasteiger partial charge is 0.379 e. The van der Waals surface area contributed by atoms with Gasteiger partial charge < -0.3 is 10.1 Å². The van der Waals surface area contributed by atoms with Crippen molar-refractivity contribution in [2.24, 2.45) is 0 Å². The number of carbonyl (C=O) groups is 1. The van der Waals surface area contributed by atoms with Crippen LogP contribution >= 0.6 is 11.3 Å². The molecule has 1 N–H and O–H groups in total. The number of nitrogens with one attached hydrogen (secondary N) is 1. The topological polar surface area (TPSA) is 54.5 Å². The number of morpholine rings is 1. The molecule has 1 amide bonds. The molecule has 0 aliphatic carbocycles. The highest BCUT2D eigenvalue weighted by molar-refractivity contribution is 7.10. The molecular formula is C21H23N3O2S. The molecule has 4 rings (SSSR count). The van der Waals surface area contributed by atoms with E-state index in [2.05, 4.69) is 32.7 Å². The van der Waals surface area contributed by atoms with Crippen molar-refractivity contribution in [2.45, 2.75) is 13.0 Å². The molecule has 2 aromatic heterocycles. The maximum absolute atomic E-state index is 13.0. The van der Waals surface area contributed by atoms with Crippen molar-refractivity contribution in [1.82, 2.24) is 15.2 Å². The molecule has 0 spiro atoms. The van der Waals surface area contributed by atoms with Crippen LogP contribution < -0.4 is 5.32 Å². The van der Waals surface area contributed by atoms with E-state index in [1.165, 1.54) is 4.88 Å². The van der Waals surface area contributed by atoms with Gasteiger partial charge in [0.15, 0.2) is 0 Å². The lowest BCUT2D eigenvalue weighted by Crippen LogP contribution is -2.43. The van der Waals surface area contributed by atoms with E-state index < -0.39 is 0 Å². The number of rotatable bonds is 5. The SMILES string of the molecule is Cc1cc(C(=O)NC[C@H](c2cccs2)N2CCOCC2)c2ccccc2n1. The van der Waals surface area contributed by atoms with Gasteiger partial charge in [-0.1, -0.05) is 24.3 Å². The molecule has 3 aromatic rings. The Hall–Kier alpha value is -2.28. The van der Waals surface area contributed by atoms with Crippen molar-refractivity contribution in [3.63, 3.8) is 0 Å². The molecule has 0 saturated carbocycles. The second-order valence-corrected chi connectivity index (χ2v) is 7.70. The first-order chi connectivity index (χ1) is 13.2. The van der Waals surface area contributed by atoms with Crippen LogP contribution in [0.2, 0.25) is 0 Å². The number of hydrogen-bond acceptors (Lipinski definition) is 5. The number of ether oxygens (including phenoxy) is 1. The summed E-state index contributed by atoms with van der Waals surface area (Å²) in [6, 6.07) is 14.0. The normalized spacial score (nSPS) is 16.3. The maximum atomic E-state index is 13.0. The van der Waals surface area contributed by atoms with Crippen molar-refractivity contribution in [1.29, 1.82) is 0 Å². The average Bonchev–Trinajstić information content (AvgIpc) is 3.22. The second kappa shape index (κ2) is 8.17. The zero-order chi connectivity index (χ0) is 18.6. The lowest BCUT2D eigenvalue weighted by Gasteiger charge is -2.34. The first kappa shape index (κ1) is 18.1. The van der Waals surface area contributed by atoms with Crippen LogP contribution in [0, 0.1) is 6.92 Å². The number of pyridine rings is 1. The molecule has 5 nitrogen and oxygen atoms in total. The van der Waals surface area contributed by atoms with Crippen LogP contribution in [0.15, 0.2) is 47.8 Å².